The van der Waals surface area contributed by atoms with Gasteiger partial charge in [0, 0.05) is 11.1 Å². The molecule has 0 radical (unpaired) electrons. The summed E-state index contributed by atoms with van der Waals surface area (Å²) < 4.78 is 162. The second-order valence-electron chi connectivity index (χ2n) is 11.1. The van der Waals surface area contributed by atoms with Gasteiger partial charge in [0.2, 0.25) is 0 Å². The first-order valence-electron chi connectivity index (χ1n) is 13.6. The van der Waals surface area contributed by atoms with Crippen molar-refractivity contribution in [2.45, 2.75) is 66.2 Å². The summed E-state index contributed by atoms with van der Waals surface area (Å²) >= 11 is 0. The highest BCUT2D eigenvalue weighted by atomic mass is 19.4. The molecular weight excluding hydrogens is 636 g/mol. The lowest BCUT2D eigenvalue weighted by Gasteiger charge is -2.26. The summed E-state index contributed by atoms with van der Waals surface area (Å²) in [7, 11) is 0. The molecule has 0 aromatic heterocycles. The number of benzene rings is 4. The maximum atomic E-state index is 13.5. The van der Waals surface area contributed by atoms with Crippen molar-refractivity contribution in [3.63, 3.8) is 0 Å². The molecule has 0 fully saturated rings. The molecule has 0 aliphatic carbocycles. The SMILES string of the molecule is Cc1cc(C(F)(F)F)c(-c2c(C(F)(F)F)cc(C)cc2C(F)(F)F)c(C(F)(F)F)c1.Cc1ccc(-c2ccc(C)cc2C)c(C)c1. The van der Waals surface area contributed by atoms with E-state index in [4.69, 9.17) is 0 Å². The highest BCUT2D eigenvalue weighted by molar-refractivity contribution is 5.80. The third-order valence-corrected chi connectivity index (χ3v) is 7.09. The predicted octanol–water partition coefficient (Wildman–Crippen LogP) is 12.6. The van der Waals surface area contributed by atoms with E-state index in [1.165, 1.54) is 33.4 Å². The van der Waals surface area contributed by atoms with Gasteiger partial charge in [-0.1, -0.05) is 47.5 Å². The van der Waals surface area contributed by atoms with Crippen LogP contribution in [0.1, 0.15) is 55.6 Å². The normalized spacial score (nSPS) is 12.6. The number of alkyl halides is 12. The monoisotopic (exact) mass is 664 g/mol. The van der Waals surface area contributed by atoms with Crippen LogP contribution in [-0.2, 0) is 24.7 Å². The highest BCUT2D eigenvalue weighted by Crippen LogP contribution is 2.52. The van der Waals surface area contributed by atoms with Crippen molar-refractivity contribution in [3.05, 3.63) is 116 Å². The Morgan fingerprint density at radius 1 is 0.326 bits per heavy atom. The van der Waals surface area contributed by atoms with E-state index < -0.39 is 69.2 Å². The summed E-state index contributed by atoms with van der Waals surface area (Å²) in [6.07, 6.45) is -22.7. The largest absolute Gasteiger partial charge is 0.417 e. The molecule has 4 aromatic carbocycles. The molecule has 0 heterocycles. The van der Waals surface area contributed by atoms with E-state index in [9.17, 15) is 52.7 Å². The summed E-state index contributed by atoms with van der Waals surface area (Å²) in [5.41, 5.74) is -6.70. The predicted molar refractivity (Wildman–Crippen MR) is 152 cm³/mol. The maximum Gasteiger partial charge on any atom is 0.417 e. The number of hydrogen-bond acceptors (Lipinski definition) is 0. The van der Waals surface area contributed by atoms with Gasteiger partial charge in [-0.15, -0.1) is 0 Å². The summed E-state index contributed by atoms with van der Waals surface area (Å²) in [5, 5.41) is 0. The molecule has 4 rings (SSSR count). The fraction of sp³-hybridized carbons (Fsp3) is 0.294. The molecule has 0 aliphatic rings. The zero-order chi connectivity index (χ0) is 35.2. The Morgan fingerprint density at radius 3 is 0.761 bits per heavy atom. The molecule has 4 aromatic rings. The topological polar surface area (TPSA) is 0 Å². The van der Waals surface area contributed by atoms with Crippen molar-refractivity contribution < 1.29 is 52.7 Å². The van der Waals surface area contributed by atoms with Crippen molar-refractivity contribution in [1.82, 2.24) is 0 Å². The van der Waals surface area contributed by atoms with Gasteiger partial charge >= 0.3 is 24.7 Å². The van der Waals surface area contributed by atoms with Gasteiger partial charge < -0.3 is 0 Å². The molecule has 0 amide bonds. The summed E-state index contributed by atoms with van der Waals surface area (Å²) in [4.78, 5) is 0. The van der Waals surface area contributed by atoms with E-state index in [2.05, 4.69) is 64.1 Å². The van der Waals surface area contributed by atoms with Gasteiger partial charge in [0.25, 0.3) is 0 Å². The molecule has 0 aliphatic heterocycles. The van der Waals surface area contributed by atoms with Crippen LogP contribution in [0, 0.1) is 41.5 Å². The zero-order valence-electron chi connectivity index (χ0n) is 25.3. The molecule has 0 spiro atoms. The van der Waals surface area contributed by atoms with E-state index in [0.717, 1.165) is 13.8 Å². The molecule has 0 bridgehead atoms. The summed E-state index contributed by atoms with van der Waals surface area (Å²) in [6.45, 7) is 10.2. The Labute approximate surface area is 257 Å². The van der Waals surface area contributed by atoms with Crippen LogP contribution >= 0.6 is 0 Å². The fourth-order valence-electron chi connectivity index (χ4n) is 5.24. The Bertz CT molecular complexity index is 1530. The van der Waals surface area contributed by atoms with Gasteiger partial charge in [0.05, 0.1) is 22.3 Å². The lowest BCUT2D eigenvalue weighted by molar-refractivity contribution is -0.146. The molecule has 0 atom stereocenters. The molecule has 0 nitrogen and oxygen atoms in total. The third-order valence-electron chi connectivity index (χ3n) is 7.09. The first-order chi connectivity index (χ1) is 20.8. The minimum absolute atomic E-state index is 0.0741. The van der Waals surface area contributed by atoms with E-state index in [1.54, 1.807) is 0 Å². The van der Waals surface area contributed by atoms with Crippen LogP contribution in [0.4, 0.5) is 52.7 Å². The zero-order valence-corrected chi connectivity index (χ0v) is 25.3. The minimum atomic E-state index is -5.67. The van der Waals surface area contributed by atoms with Gasteiger partial charge in [-0.3, -0.25) is 0 Å². The van der Waals surface area contributed by atoms with Gasteiger partial charge in [0.1, 0.15) is 0 Å². The van der Waals surface area contributed by atoms with Crippen molar-refractivity contribution in [2.24, 2.45) is 0 Å². The van der Waals surface area contributed by atoms with E-state index >= 15 is 0 Å². The molecule has 46 heavy (non-hydrogen) atoms. The Hall–Kier alpha value is -3.96. The van der Waals surface area contributed by atoms with Crippen LogP contribution in [0.3, 0.4) is 0 Å². The average molecular weight is 665 g/mol. The van der Waals surface area contributed by atoms with Gasteiger partial charge in [-0.05, 0) is 99.2 Å². The van der Waals surface area contributed by atoms with Crippen molar-refractivity contribution in [3.8, 4) is 22.3 Å². The standard InChI is InChI=1S/C18H10F12.C16H18/c1-7-3-9(15(19,20)21)13(10(4-7)16(22,23)24)14-11(17(25,26)27)5-8(2)6-12(14)18(28,29)30;1-11-5-7-15(13(3)9-11)16-8-6-12(2)10-14(16)4/h3-6H,1-2H3;5-10H,1-4H3. The fourth-order valence-corrected chi connectivity index (χ4v) is 5.24. The van der Waals surface area contributed by atoms with Crippen LogP contribution in [0.15, 0.2) is 60.7 Å². The lowest BCUT2D eigenvalue weighted by Crippen LogP contribution is -2.20. The van der Waals surface area contributed by atoms with Crippen LogP contribution in [-0.4, -0.2) is 0 Å². The first-order valence-corrected chi connectivity index (χ1v) is 13.6. The Kier molecular flexibility index (Phi) is 10.1. The van der Waals surface area contributed by atoms with Crippen LogP contribution in [0.25, 0.3) is 22.3 Å². The summed E-state index contributed by atoms with van der Waals surface area (Å²) in [5.74, 6) is 0. The molecule has 0 unspecified atom stereocenters. The molecular formula is C34H28F12. The second-order valence-corrected chi connectivity index (χ2v) is 11.1. The molecule has 0 saturated carbocycles. The van der Waals surface area contributed by atoms with Crippen molar-refractivity contribution >= 4 is 0 Å². The summed E-state index contributed by atoms with van der Waals surface area (Å²) in [6, 6.07) is 13.6. The average Bonchev–Trinajstić information content (AvgIpc) is 2.87. The smallest absolute Gasteiger partial charge is 0.166 e. The number of rotatable bonds is 2. The van der Waals surface area contributed by atoms with Crippen LogP contribution in [0.2, 0.25) is 0 Å². The highest BCUT2D eigenvalue weighted by Gasteiger charge is 2.48. The second kappa shape index (κ2) is 12.7. The third kappa shape index (κ3) is 8.24. The Morgan fingerprint density at radius 2 is 0.565 bits per heavy atom. The van der Waals surface area contributed by atoms with Crippen LogP contribution < -0.4 is 0 Å². The quantitative estimate of drug-likeness (QED) is 0.187. The van der Waals surface area contributed by atoms with Gasteiger partial charge in [-0.2, -0.15) is 52.7 Å². The minimum Gasteiger partial charge on any atom is -0.166 e. The van der Waals surface area contributed by atoms with Gasteiger partial charge in [0.15, 0.2) is 0 Å². The Balaban J connectivity index is 0.000000300. The van der Waals surface area contributed by atoms with Crippen LogP contribution in [0.5, 0.6) is 0 Å². The van der Waals surface area contributed by atoms with Crippen molar-refractivity contribution in [2.75, 3.05) is 0 Å². The van der Waals surface area contributed by atoms with E-state index in [0.29, 0.717) is 0 Å². The molecule has 0 saturated heterocycles. The van der Waals surface area contributed by atoms with E-state index in [-0.39, 0.29) is 24.3 Å². The van der Waals surface area contributed by atoms with E-state index in [1.807, 2.05) is 0 Å². The van der Waals surface area contributed by atoms with Crippen molar-refractivity contribution in [1.29, 1.82) is 0 Å². The number of hydrogen-bond donors (Lipinski definition) is 0. The number of aryl methyl sites for hydroxylation is 6. The lowest BCUT2D eigenvalue weighted by atomic mass is 9.85. The number of halogens is 12. The molecule has 0 N–H and O–H groups in total. The molecule has 12 heteroatoms. The molecule has 248 valence electrons. The first kappa shape index (κ1) is 36.5. The van der Waals surface area contributed by atoms with Gasteiger partial charge in [-0.25, -0.2) is 0 Å². The maximum absolute atomic E-state index is 13.5.